The zero-order valence-corrected chi connectivity index (χ0v) is 14.9. The Labute approximate surface area is 147 Å². The van der Waals surface area contributed by atoms with Gasteiger partial charge in [0.2, 0.25) is 5.91 Å². The minimum absolute atomic E-state index is 0.0702. The Morgan fingerprint density at radius 1 is 1.36 bits per heavy atom. The number of hydrogen-bond donors (Lipinski definition) is 1. The molecular weight excluding hydrogens is 320 g/mol. The van der Waals surface area contributed by atoms with Crippen molar-refractivity contribution in [1.82, 2.24) is 10.2 Å². The highest BCUT2D eigenvalue weighted by Crippen LogP contribution is 2.35. The number of methoxy groups -OCH3 is 1. The van der Waals surface area contributed by atoms with Gasteiger partial charge in [-0.1, -0.05) is 0 Å². The summed E-state index contributed by atoms with van der Waals surface area (Å²) in [6.07, 6.45) is 1.86. The van der Waals surface area contributed by atoms with Gasteiger partial charge in [-0.15, -0.1) is 0 Å². The van der Waals surface area contributed by atoms with Crippen LogP contribution >= 0.6 is 0 Å². The lowest BCUT2D eigenvalue weighted by atomic mass is 9.91. The van der Waals surface area contributed by atoms with E-state index in [1.807, 2.05) is 25.1 Å². The monoisotopic (exact) mass is 344 g/mol. The van der Waals surface area contributed by atoms with Crippen molar-refractivity contribution in [3.05, 3.63) is 35.6 Å². The number of benzene rings is 1. The fourth-order valence-electron chi connectivity index (χ4n) is 3.76. The first-order valence-corrected chi connectivity index (χ1v) is 8.51. The summed E-state index contributed by atoms with van der Waals surface area (Å²) in [7, 11) is 3.21. The zero-order chi connectivity index (χ0) is 18.0. The number of nitrogens with zero attached hydrogens (tertiary/aromatic N) is 1. The topological polar surface area (TPSA) is 71.8 Å². The minimum atomic E-state index is -0.590. The summed E-state index contributed by atoms with van der Waals surface area (Å²) in [5.41, 5.74) is 0.782. The van der Waals surface area contributed by atoms with Gasteiger partial charge >= 0.3 is 0 Å². The van der Waals surface area contributed by atoms with Gasteiger partial charge in [0, 0.05) is 31.7 Å². The average molecular weight is 344 g/mol. The molecule has 25 heavy (non-hydrogen) atoms. The maximum atomic E-state index is 13.2. The Balaban J connectivity index is 1.92. The smallest absolute Gasteiger partial charge is 0.254 e. The van der Waals surface area contributed by atoms with E-state index in [0.29, 0.717) is 18.7 Å². The van der Waals surface area contributed by atoms with E-state index in [-0.39, 0.29) is 18.2 Å². The predicted octanol–water partition coefficient (Wildman–Crippen LogP) is 2.50. The second kappa shape index (κ2) is 6.88. The number of nitrogens with one attached hydrogen (secondary N) is 1. The van der Waals surface area contributed by atoms with E-state index in [4.69, 9.17) is 9.15 Å². The molecule has 0 radical (unpaired) electrons. The van der Waals surface area contributed by atoms with Crippen LogP contribution in [-0.4, -0.2) is 49.6 Å². The van der Waals surface area contributed by atoms with E-state index in [9.17, 15) is 9.59 Å². The van der Waals surface area contributed by atoms with E-state index in [0.717, 1.165) is 29.6 Å². The molecule has 1 fully saturated rings. The van der Waals surface area contributed by atoms with E-state index in [1.165, 1.54) is 0 Å². The molecule has 1 saturated heterocycles. The van der Waals surface area contributed by atoms with Crippen LogP contribution in [0.15, 0.2) is 28.7 Å². The Hall–Kier alpha value is -2.34. The highest BCUT2D eigenvalue weighted by atomic mass is 16.5. The molecule has 6 nitrogen and oxygen atoms in total. The quantitative estimate of drug-likeness (QED) is 0.905. The number of ether oxygens (including phenoxy) is 1. The Bertz CT molecular complexity index is 798. The number of fused-ring (bicyclic) bond motifs is 1. The van der Waals surface area contributed by atoms with Crippen LogP contribution in [0.3, 0.4) is 0 Å². The summed E-state index contributed by atoms with van der Waals surface area (Å²) in [4.78, 5) is 27.0. The molecule has 0 bridgehead atoms. The number of carbonyl (C=O) groups is 2. The number of carbonyl (C=O) groups excluding carboxylic acids is 2. The molecule has 3 rings (SSSR count). The molecule has 1 unspecified atom stereocenters. The largest absolute Gasteiger partial charge is 0.461 e. The zero-order valence-electron chi connectivity index (χ0n) is 14.9. The molecule has 1 aromatic carbocycles. The number of rotatable bonds is 5. The molecule has 134 valence electrons. The Kier molecular flexibility index (Phi) is 4.81. The van der Waals surface area contributed by atoms with Crippen molar-refractivity contribution in [2.75, 3.05) is 27.3 Å². The van der Waals surface area contributed by atoms with Gasteiger partial charge in [-0.3, -0.25) is 9.59 Å². The van der Waals surface area contributed by atoms with Crippen molar-refractivity contribution in [3.8, 4) is 0 Å². The lowest BCUT2D eigenvalue weighted by Gasteiger charge is -2.37. The number of furan rings is 1. The van der Waals surface area contributed by atoms with Crippen LogP contribution in [0.1, 0.15) is 35.4 Å². The van der Waals surface area contributed by atoms with Gasteiger partial charge in [-0.05, 0) is 44.0 Å². The molecule has 1 N–H and O–H groups in total. The van der Waals surface area contributed by atoms with Crippen molar-refractivity contribution in [2.24, 2.45) is 0 Å². The third-order valence-electron chi connectivity index (χ3n) is 4.91. The van der Waals surface area contributed by atoms with E-state index in [2.05, 4.69) is 5.32 Å². The van der Waals surface area contributed by atoms with Crippen LogP contribution in [0.4, 0.5) is 0 Å². The summed E-state index contributed by atoms with van der Waals surface area (Å²) >= 11 is 0. The lowest BCUT2D eigenvalue weighted by molar-refractivity contribution is -0.123. The molecular formula is C19H24N2O4. The van der Waals surface area contributed by atoms with Crippen LogP contribution in [0.25, 0.3) is 11.0 Å². The first-order valence-electron chi connectivity index (χ1n) is 8.51. The van der Waals surface area contributed by atoms with Crippen molar-refractivity contribution in [3.63, 3.8) is 0 Å². The third-order valence-corrected chi connectivity index (χ3v) is 4.91. The van der Waals surface area contributed by atoms with E-state index < -0.39 is 5.54 Å². The second-order valence-electron chi connectivity index (χ2n) is 6.68. The normalized spacial score (nSPS) is 20.2. The van der Waals surface area contributed by atoms with Crippen LogP contribution < -0.4 is 5.32 Å². The summed E-state index contributed by atoms with van der Waals surface area (Å²) in [6.45, 7) is 2.86. The highest BCUT2D eigenvalue weighted by Gasteiger charge is 2.45. The average Bonchev–Trinajstić information content (AvgIpc) is 3.16. The standard InChI is InChI=1S/C19H24N2O4/c1-13-9-15-10-14(5-6-16(15)25-13)18(23)21-8-4-7-19(21,12-24-3)11-17(22)20-2/h5-6,9-10H,4,7-8,11-12H2,1-3H3,(H,20,22). The highest BCUT2D eigenvalue weighted by molar-refractivity contribution is 5.98. The van der Waals surface area contributed by atoms with Crippen LogP contribution in [0.2, 0.25) is 0 Å². The molecule has 1 aliphatic rings. The molecule has 1 aromatic heterocycles. The SMILES string of the molecule is CNC(=O)CC1(COC)CCCN1C(=O)c1ccc2oc(C)cc2c1. The third kappa shape index (κ3) is 3.26. The predicted molar refractivity (Wildman–Crippen MR) is 94.5 cm³/mol. The molecule has 2 aromatic rings. The number of hydrogen-bond acceptors (Lipinski definition) is 4. The van der Waals surface area contributed by atoms with Gasteiger partial charge in [-0.25, -0.2) is 0 Å². The maximum absolute atomic E-state index is 13.2. The van der Waals surface area contributed by atoms with Gasteiger partial charge in [-0.2, -0.15) is 0 Å². The van der Waals surface area contributed by atoms with Gasteiger partial charge in [0.15, 0.2) is 0 Å². The summed E-state index contributed by atoms with van der Waals surface area (Å²) in [5, 5.41) is 3.56. The van der Waals surface area contributed by atoms with Crippen LogP contribution in [0.5, 0.6) is 0 Å². The maximum Gasteiger partial charge on any atom is 0.254 e. The molecule has 6 heteroatoms. The first kappa shape index (κ1) is 17.5. The summed E-state index contributed by atoms with van der Waals surface area (Å²) < 4.78 is 11.0. The van der Waals surface area contributed by atoms with Crippen LogP contribution in [0, 0.1) is 6.92 Å². The van der Waals surface area contributed by atoms with Gasteiger partial charge < -0.3 is 19.4 Å². The Morgan fingerprint density at radius 3 is 2.88 bits per heavy atom. The molecule has 2 heterocycles. The molecule has 0 spiro atoms. The van der Waals surface area contributed by atoms with Gasteiger partial charge in [0.25, 0.3) is 5.91 Å². The molecule has 0 saturated carbocycles. The fraction of sp³-hybridized carbons (Fsp3) is 0.474. The van der Waals surface area contributed by atoms with E-state index in [1.54, 1.807) is 25.1 Å². The molecule has 2 amide bonds. The fourth-order valence-corrected chi connectivity index (χ4v) is 3.76. The summed E-state index contributed by atoms with van der Waals surface area (Å²) in [6, 6.07) is 7.37. The molecule has 1 atom stereocenters. The summed E-state index contributed by atoms with van der Waals surface area (Å²) in [5.74, 6) is 0.658. The Morgan fingerprint density at radius 2 is 2.16 bits per heavy atom. The van der Waals surface area contributed by atoms with Crippen molar-refractivity contribution in [1.29, 1.82) is 0 Å². The number of aryl methyl sites for hydroxylation is 1. The first-order chi connectivity index (χ1) is 12.0. The minimum Gasteiger partial charge on any atom is -0.461 e. The number of amides is 2. The van der Waals surface area contributed by atoms with Crippen molar-refractivity contribution >= 4 is 22.8 Å². The van der Waals surface area contributed by atoms with E-state index >= 15 is 0 Å². The molecule has 0 aliphatic carbocycles. The number of likely N-dealkylation sites (tertiary alicyclic amines) is 1. The second-order valence-corrected chi connectivity index (χ2v) is 6.68. The van der Waals surface area contributed by atoms with Gasteiger partial charge in [0.1, 0.15) is 11.3 Å². The van der Waals surface area contributed by atoms with Gasteiger partial charge in [0.05, 0.1) is 18.6 Å². The lowest BCUT2D eigenvalue weighted by Crippen LogP contribution is -2.52. The van der Waals surface area contributed by atoms with Crippen molar-refractivity contribution < 1.29 is 18.7 Å². The van der Waals surface area contributed by atoms with Crippen molar-refractivity contribution in [2.45, 2.75) is 31.7 Å². The molecule has 1 aliphatic heterocycles. The van der Waals surface area contributed by atoms with Crippen LogP contribution in [-0.2, 0) is 9.53 Å².